The van der Waals surface area contributed by atoms with Crippen molar-refractivity contribution < 1.29 is 19.0 Å². The van der Waals surface area contributed by atoms with Crippen LogP contribution in [0.1, 0.15) is 34.8 Å². The van der Waals surface area contributed by atoms with Crippen molar-refractivity contribution in [2.24, 2.45) is 0 Å². The summed E-state index contributed by atoms with van der Waals surface area (Å²) in [4.78, 5) is 14.8. The fourth-order valence-electron chi connectivity index (χ4n) is 3.50. The molecule has 2 unspecified atom stereocenters. The van der Waals surface area contributed by atoms with Crippen LogP contribution < -0.4 is 14.8 Å². The quantitative estimate of drug-likeness (QED) is 0.702. The molecule has 1 heterocycles. The van der Waals surface area contributed by atoms with E-state index >= 15 is 0 Å². The number of carbonyl (C=O) groups is 1. The summed E-state index contributed by atoms with van der Waals surface area (Å²) in [6, 6.07) is 15.1. The molecule has 1 aliphatic rings. The Bertz CT molecular complexity index is 803. The average molecular weight is 399 g/mol. The van der Waals surface area contributed by atoms with Gasteiger partial charge in [-0.3, -0.25) is 4.79 Å². The predicted octanol–water partition coefficient (Wildman–Crippen LogP) is 3.29. The van der Waals surface area contributed by atoms with E-state index in [2.05, 4.69) is 10.2 Å². The first kappa shape index (κ1) is 21.1. The maximum Gasteiger partial charge on any atom is 0.251 e. The molecule has 0 saturated carbocycles. The number of hydrogen-bond donors (Lipinski definition) is 1. The van der Waals surface area contributed by atoms with Crippen molar-refractivity contribution in [2.75, 3.05) is 41.0 Å². The van der Waals surface area contributed by atoms with Gasteiger partial charge in [-0.2, -0.15) is 0 Å². The molecule has 1 N–H and O–H groups in total. The van der Waals surface area contributed by atoms with E-state index in [0.717, 1.165) is 30.8 Å². The molecule has 6 heteroatoms. The first-order valence-electron chi connectivity index (χ1n) is 10.0. The molecule has 3 rings (SSSR count). The maximum atomic E-state index is 12.7. The summed E-state index contributed by atoms with van der Waals surface area (Å²) in [6.45, 7) is 1.78. The van der Waals surface area contributed by atoms with Crippen LogP contribution in [0.25, 0.3) is 0 Å². The smallest absolute Gasteiger partial charge is 0.251 e. The Kier molecular flexibility index (Phi) is 7.49. The van der Waals surface area contributed by atoms with Gasteiger partial charge in [0.25, 0.3) is 5.91 Å². The zero-order chi connectivity index (χ0) is 20.6. The number of rotatable bonds is 9. The molecule has 156 valence electrons. The highest BCUT2D eigenvalue weighted by Crippen LogP contribution is 2.27. The van der Waals surface area contributed by atoms with E-state index < -0.39 is 0 Å². The molecule has 2 aromatic rings. The molecular weight excluding hydrogens is 368 g/mol. The van der Waals surface area contributed by atoms with Crippen LogP contribution in [0.15, 0.2) is 48.5 Å². The third-order valence-electron chi connectivity index (χ3n) is 5.13. The molecule has 1 saturated heterocycles. The number of hydrogen-bond acceptors (Lipinski definition) is 5. The summed E-state index contributed by atoms with van der Waals surface area (Å²) in [6.07, 6.45) is 2.25. The van der Waals surface area contributed by atoms with Crippen LogP contribution in [0.5, 0.6) is 11.5 Å². The van der Waals surface area contributed by atoms with E-state index in [1.54, 1.807) is 19.2 Å². The first-order valence-corrected chi connectivity index (χ1v) is 10.0. The minimum atomic E-state index is -0.130. The molecule has 0 bridgehead atoms. The summed E-state index contributed by atoms with van der Waals surface area (Å²) >= 11 is 0. The second kappa shape index (κ2) is 10.3. The summed E-state index contributed by atoms with van der Waals surface area (Å²) < 4.78 is 16.9. The maximum absolute atomic E-state index is 12.7. The highest BCUT2D eigenvalue weighted by atomic mass is 16.5. The van der Waals surface area contributed by atoms with Crippen LogP contribution >= 0.6 is 0 Å². The highest BCUT2D eigenvalue weighted by Gasteiger charge is 2.20. The van der Waals surface area contributed by atoms with Crippen molar-refractivity contribution in [3.05, 3.63) is 59.7 Å². The van der Waals surface area contributed by atoms with Crippen LogP contribution in [0.4, 0.5) is 0 Å². The van der Waals surface area contributed by atoms with Crippen molar-refractivity contribution in [1.29, 1.82) is 0 Å². The van der Waals surface area contributed by atoms with Gasteiger partial charge in [-0.25, -0.2) is 0 Å². The van der Waals surface area contributed by atoms with E-state index in [-0.39, 0.29) is 18.1 Å². The Labute approximate surface area is 172 Å². The van der Waals surface area contributed by atoms with Gasteiger partial charge >= 0.3 is 0 Å². The summed E-state index contributed by atoms with van der Waals surface area (Å²) in [5, 5.41) is 3.04. The number of carbonyl (C=O) groups excluding carboxylic acids is 1. The molecule has 0 aromatic heterocycles. The molecule has 1 fully saturated rings. The molecule has 29 heavy (non-hydrogen) atoms. The number of ether oxygens (including phenoxy) is 3. The lowest BCUT2D eigenvalue weighted by molar-refractivity contribution is 0.0679. The molecule has 0 radical (unpaired) electrons. The van der Waals surface area contributed by atoms with Crippen molar-refractivity contribution >= 4 is 5.91 Å². The molecule has 1 aliphatic heterocycles. The third kappa shape index (κ3) is 5.71. The highest BCUT2D eigenvalue weighted by molar-refractivity contribution is 5.94. The van der Waals surface area contributed by atoms with E-state index in [4.69, 9.17) is 14.2 Å². The minimum Gasteiger partial charge on any atom is -0.496 e. The van der Waals surface area contributed by atoms with Crippen molar-refractivity contribution in [1.82, 2.24) is 10.2 Å². The van der Waals surface area contributed by atoms with Crippen LogP contribution in [0.3, 0.4) is 0 Å². The van der Waals surface area contributed by atoms with Gasteiger partial charge in [0.15, 0.2) is 0 Å². The first-order chi connectivity index (χ1) is 14.1. The second-order valence-corrected chi connectivity index (χ2v) is 7.41. The Hall–Kier alpha value is -2.57. The van der Waals surface area contributed by atoms with Gasteiger partial charge in [-0.1, -0.05) is 24.3 Å². The number of methoxy groups -OCH3 is 1. The fourth-order valence-corrected chi connectivity index (χ4v) is 3.50. The van der Waals surface area contributed by atoms with E-state index in [1.807, 2.05) is 50.5 Å². The van der Waals surface area contributed by atoms with Crippen LogP contribution in [-0.2, 0) is 4.74 Å². The predicted molar refractivity (Wildman–Crippen MR) is 113 cm³/mol. The van der Waals surface area contributed by atoms with Gasteiger partial charge in [-0.05, 0) is 51.2 Å². The lowest BCUT2D eigenvalue weighted by atomic mass is 10.0. The average Bonchev–Trinajstić information content (AvgIpc) is 3.26. The van der Waals surface area contributed by atoms with Crippen LogP contribution in [0, 0.1) is 0 Å². The Morgan fingerprint density at radius 3 is 2.79 bits per heavy atom. The lowest BCUT2D eigenvalue weighted by Gasteiger charge is -2.26. The normalized spacial score (nSPS) is 17.2. The number of nitrogens with zero attached hydrogens (tertiary/aromatic N) is 1. The van der Waals surface area contributed by atoms with Crippen LogP contribution in [0.2, 0.25) is 0 Å². The Balaban J connectivity index is 1.62. The number of benzene rings is 2. The van der Waals surface area contributed by atoms with Crippen molar-refractivity contribution in [3.8, 4) is 11.5 Å². The number of likely N-dealkylation sites (N-methyl/N-ethyl adjacent to an activating group) is 1. The standard InChI is InChI=1S/C23H30N2O4/c1-25(2)21(20-11-4-5-12-22(20)27-3)15-24-23(26)17-8-6-9-18(14-17)29-16-19-10-7-13-28-19/h4-6,8-9,11-12,14,19,21H,7,10,13,15-16H2,1-3H3,(H,24,26). The zero-order valence-corrected chi connectivity index (χ0v) is 17.4. The monoisotopic (exact) mass is 398 g/mol. The van der Waals surface area contributed by atoms with E-state index in [1.165, 1.54) is 0 Å². The van der Waals surface area contributed by atoms with Crippen molar-refractivity contribution in [3.63, 3.8) is 0 Å². The lowest BCUT2D eigenvalue weighted by Crippen LogP contribution is -2.34. The van der Waals surface area contributed by atoms with E-state index in [9.17, 15) is 4.79 Å². The second-order valence-electron chi connectivity index (χ2n) is 7.41. The number of para-hydroxylation sites is 1. The largest absolute Gasteiger partial charge is 0.496 e. The minimum absolute atomic E-state index is 0.00551. The van der Waals surface area contributed by atoms with Gasteiger partial charge in [0, 0.05) is 24.3 Å². The van der Waals surface area contributed by atoms with Crippen LogP contribution in [-0.4, -0.2) is 57.9 Å². The summed E-state index contributed by atoms with van der Waals surface area (Å²) in [7, 11) is 5.64. The molecule has 0 spiro atoms. The van der Waals surface area contributed by atoms with Gasteiger partial charge < -0.3 is 24.4 Å². The number of nitrogens with one attached hydrogen (secondary N) is 1. The van der Waals surface area contributed by atoms with Gasteiger partial charge in [-0.15, -0.1) is 0 Å². The third-order valence-corrected chi connectivity index (χ3v) is 5.13. The van der Waals surface area contributed by atoms with E-state index in [0.29, 0.717) is 24.5 Å². The topological polar surface area (TPSA) is 60.0 Å². The Morgan fingerprint density at radius 2 is 2.07 bits per heavy atom. The summed E-state index contributed by atoms with van der Waals surface area (Å²) in [5.41, 5.74) is 1.61. The van der Waals surface area contributed by atoms with Gasteiger partial charge in [0.2, 0.25) is 0 Å². The SMILES string of the molecule is COc1ccccc1C(CNC(=O)c1cccc(OCC2CCCO2)c1)N(C)C. The van der Waals surface area contributed by atoms with Gasteiger partial charge in [0.05, 0.1) is 19.3 Å². The summed E-state index contributed by atoms with van der Waals surface area (Å²) in [5.74, 6) is 1.36. The molecule has 2 aromatic carbocycles. The zero-order valence-electron chi connectivity index (χ0n) is 17.4. The van der Waals surface area contributed by atoms with Crippen molar-refractivity contribution in [2.45, 2.75) is 25.0 Å². The molecular formula is C23H30N2O4. The fraction of sp³-hybridized carbons (Fsp3) is 0.435. The molecule has 0 aliphatic carbocycles. The molecule has 2 atom stereocenters. The Morgan fingerprint density at radius 1 is 1.24 bits per heavy atom. The molecule has 6 nitrogen and oxygen atoms in total. The number of amides is 1. The molecule has 1 amide bonds. The van der Waals surface area contributed by atoms with Gasteiger partial charge in [0.1, 0.15) is 18.1 Å².